The number of hydrogen-bond donors (Lipinski definition) is 1. The first-order valence-corrected chi connectivity index (χ1v) is 5.43. The van der Waals surface area contributed by atoms with Crippen molar-refractivity contribution < 1.29 is 8.94 Å². The topological polar surface area (TPSA) is 78.1 Å². The van der Waals surface area contributed by atoms with Gasteiger partial charge in [0.05, 0.1) is 11.8 Å². The van der Waals surface area contributed by atoms with Crippen molar-refractivity contribution in [3.63, 3.8) is 0 Å². The zero-order chi connectivity index (χ0) is 11.0. The number of nitrogens with zero attached hydrogens (tertiary/aromatic N) is 2. The molecule has 0 saturated heterocycles. The van der Waals surface area contributed by atoms with Gasteiger partial charge >= 0.3 is 0 Å². The van der Waals surface area contributed by atoms with Crippen LogP contribution in [0.2, 0.25) is 0 Å². The molecule has 5 nitrogen and oxygen atoms in total. The van der Waals surface area contributed by atoms with Gasteiger partial charge in [-0.1, -0.05) is 5.16 Å². The highest BCUT2D eigenvalue weighted by molar-refractivity contribution is 5.51. The van der Waals surface area contributed by atoms with E-state index in [2.05, 4.69) is 10.1 Å². The second-order valence-corrected chi connectivity index (χ2v) is 4.23. The smallest absolute Gasteiger partial charge is 0.228 e. The van der Waals surface area contributed by atoms with Crippen LogP contribution in [-0.4, -0.2) is 16.2 Å². The van der Waals surface area contributed by atoms with E-state index in [1.54, 1.807) is 18.6 Å². The predicted molar refractivity (Wildman–Crippen MR) is 56.4 cm³/mol. The molecule has 0 aliphatic heterocycles. The number of nitrogens with two attached hydrogens (primary N) is 1. The Hall–Kier alpha value is -1.62. The largest absolute Gasteiger partial charge is 0.472 e. The summed E-state index contributed by atoms with van der Waals surface area (Å²) in [6.07, 6.45) is 6.29. The van der Waals surface area contributed by atoms with Gasteiger partial charge in [0.15, 0.2) is 0 Å². The van der Waals surface area contributed by atoms with Gasteiger partial charge in [0.2, 0.25) is 11.7 Å². The Morgan fingerprint density at radius 2 is 2.38 bits per heavy atom. The molecule has 1 atom stereocenters. The van der Waals surface area contributed by atoms with Crippen molar-refractivity contribution >= 4 is 0 Å². The minimum Gasteiger partial charge on any atom is -0.472 e. The third-order valence-corrected chi connectivity index (χ3v) is 2.89. The van der Waals surface area contributed by atoms with Crippen LogP contribution >= 0.6 is 0 Å². The van der Waals surface area contributed by atoms with Crippen LogP contribution in [0.25, 0.3) is 11.4 Å². The molecule has 1 unspecified atom stereocenters. The third-order valence-electron chi connectivity index (χ3n) is 2.89. The second kappa shape index (κ2) is 3.75. The predicted octanol–water partition coefficient (Wildman–Crippen LogP) is 1.61. The highest BCUT2D eigenvalue weighted by Crippen LogP contribution is 2.32. The van der Waals surface area contributed by atoms with Crippen molar-refractivity contribution in [2.45, 2.75) is 25.3 Å². The molecule has 2 N–H and O–H groups in total. The van der Waals surface area contributed by atoms with Gasteiger partial charge in [0.1, 0.15) is 6.26 Å². The molecule has 5 heteroatoms. The van der Waals surface area contributed by atoms with Crippen molar-refractivity contribution in [2.75, 3.05) is 0 Å². The van der Waals surface area contributed by atoms with Crippen LogP contribution in [0.4, 0.5) is 0 Å². The first-order valence-electron chi connectivity index (χ1n) is 5.43. The molecule has 2 heterocycles. The Morgan fingerprint density at radius 1 is 1.50 bits per heavy atom. The molecule has 0 radical (unpaired) electrons. The van der Waals surface area contributed by atoms with E-state index in [1.807, 2.05) is 0 Å². The van der Waals surface area contributed by atoms with E-state index in [-0.39, 0.29) is 6.04 Å². The second-order valence-electron chi connectivity index (χ2n) is 4.23. The molecular weight excluding hydrogens is 206 g/mol. The molecule has 1 aliphatic carbocycles. The van der Waals surface area contributed by atoms with Gasteiger partial charge in [0, 0.05) is 12.5 Å². The summed E-state index contributed by atoms with van der Waals surface area (Å²) in [7, 11) is 0. The maximum atomic E-state index is 5.99. The van der Waals surface area contributed by atoms with Crippen LogP contribution in [0.5, 0.6) is 0 Å². The molecular formula is C11H13N3O2. The standard InChI is InChI=1S/C11H13N3O2/c12-9(7-1-2-7)5-10-13-11(14-16-10)8-3-4-15-6-8/h3-4,6-7,9H,1-2,5,12H2. The van der Waals surface area contributed by atoms with Gasteiger partial charge < -0.3 is 14.7 Å². The van der Waals surface area contributed by atoms with Gasteiger partial charge in [-0.2, -0.15) is 4.98 Å². The van der Waals surface area contributed by atoms with Gasteiger partial charge in [-0.15, -0.1) is 0 Å². The summed E-state index contributed by atoms with van der Waals surface area (Å²) in [5.41, 5.74) is 6.82. The van der Waals surface area contributed by atoms with E-state index >= 15 is 0 Å². The van der Waals surface area contributed by atoms with Crippen molar-refractivity contribution in [1.82, 2.24) is 10.1 Å². The summed E-state index contributed by atoms with van der Waals surface area (Å²) in [4.78, 5) is 4.29. The summed E-state index contributed by atoms with van der Waals surface area (Å²) in [6, 6.07) is 1.95. The van der Waals surface area contributed by atoms with Crippen LogP contribution in [0.3, 0.4) is 0 Å². The van der Waals surface area contributed by atoms with Crippen LogP contribution in [0, 0.1) is 5.92 Å². The lowest BCUT2D eigenvalue weighted by Gasteiger charge is -2.04. The van der Waals surface area contributed by atoms with Gasteiger partial charge in [-0.05, 0) is 24.8 Å². The van der Waals surface area contributed by atoms with E-state index < -0.39 is 0 Å². The van der Waals surface area contributed by atoms with Crippen molar-refractivity contribution in [1.29, 1.82) is 0 Å². The van der Waals surface area contributed by atoms with Gasteiger partial charge in [-0.25, -0.2) is 0 Å². The summed E-state index contributed by atoms with van der Waals surface area (Å²) < 4.78 is 10.1. The Morgan fingerprint density at radius 3 is 3.06 bits per heavy atom. The van der Waals surface area contributed by atoms with E-state index in [1.165, 1.54) is 12.8 Å². The fourth-order valence-corrected chi connectivity index (χ4v) is 1.74. The first-order chi connectivity index (χ1) is 7.83. The summed E-state index contributed by atoms with van der Waals surface area (Å²) in [6.45, 7) is 0. The van der Waals surface area contributed by atoms with E-state index in [4.69, 9.17) is 14.7 Å². The molecule has 1 aliphatic rings. The van der Waals surface area contributed by atoms with E-state index in [0.717, 1.165) is 5.56 Å². The fraction of sp³-hybridized carbons (Fsp3) is 0.455. The minimum absolute atomic E-state index is 0.151. The highest BCUT2D eigenvalue weighted by atomic mass is 16.5. The highest BCUT2D eigenvalue weighted by Gasteiger charge is 2.29. The molecule has 2 aromatic rings. The maximum absolute atomic E-state index is 5.99. The fourth-order valence-electron chi connectivity index (χ4n) is 1.74. The van der Waals surface area contributed by atoms with Crippen LogP contribution in [-0.2, 0) is 6.42 Å². The number of aromatic nitrogens is 2. The van der Waals surface area contributed by atoms with Gasteiger partial charge in [-0.3, -0.25) is 0 Å². The lowest BCUT2D eigenvalue weighted by molar-refractivity contribution is 0.364. The number of hydrogen-bond acceptors (Lipinski definition) is 5. The Labute approximate surface area is 92.6 Å². The van der Waals surface area contributed by atoms with Crippen LogP contribution in [0.1, 0.15) is 18.7 Å². The minimum atomic E-state index is 0.151. The first kappa shape index (κ1) is 9.59. The molecule has 0 amide bonds. The van der Waals surface area contributed by atoms with E-state index in [0.29, 0.717) is 24.1 Å². The summed E-state index contributed by atoms with van der Waals surface area (Å²) in [5, 5.41) is 3.89. The normalized spacial score (nSPS) is 17.6. The quantitative estimate of drug-likeness (QED) is 0.845. The Bertz CT molecular complexity index is 459. The SMILES string of the molecule is NC(Cc1nc(-c2ccoc2)no1)C1CC1. The number of rotatable bonds is 4. The van der Waals surface area contributed by atoms with Crippen LogP contribution in [0.15, 0.2) is 27.5 Å². The van der Waals surface area contributed by atoms with Crippen molar-refractivity contribution in [3.05, 3.63) is 24.5 Å². The average molecular weight is 219 g/mol. The monoisotopic (exact) mass is 219 g/mol. The van der Waals surface area contributed by atoms with Crippen molar-refractivity contribution in [3.8, 4) is 11.4 Å². The van der Waals surface area contributed by atoms with Gasteiger partial charge in [0.25, 0.3) is 0 Å². The molecule has 1 fully saturated rings. The Kier molecular flexibility index (Phi) is 2.25. The lowest BCUT2D eigenvalue weighted by atomic mass is 10.1. The lowest BCUT2D eigenvalue weighted by Crippen LogP contribution is -2.25. The maximum Gasteiger partial charge on any atom is 0.228 e. The molecule has 3 rings (SSSR count). The molecule has 1 saturated carbocycles. The zero-order valence-electron chi connectivity index (χ0n) is 8.80. The van der Waals surface area contributed by atoms with E-state index in [9.17, 15) is 0 Å². The molecule has 16 heavy (non-hydrogen) atoms. The molecule has 0 bridgehead atoms. The average Bonchev–Trinajstić information content (AvgIpc) is 2.80. The van der Waals surface area contributed by atoms with Crippen LogP contribution < -0.4 is 5.73 Å². The van der Waals surface area contributed by atoms with Crippen molar-refractivity contribution in [2.24, 2.45) is 11.7 Å². The summed E-state index contributed by atoms with van der Waals surface area (Å²) >= 11 is 0. The molecule has 0 aromatic carbocycles. The molecule has 84 valence electrons. The zero-order valence-corrected chi connectivity index (χ0v) is 8.80. The molecule has 2 aromatic heterocycles. The summed E-state index contributed by atoms with van der Waals surface area (Å²) in [5.74, 6) is 1.81. The Balaban J connectivity index is 1.72. The number of furan rings is 1. The molecule has 0 spiro atoms. The third kappa shape index (κ3) is 1.86.